The van der Waals surface area contributed by atoms with Crippen LogP contribution in [0.25, 0.3) is 0 Å². The molecule has 0 spiro atoms. The highest BCUT2D eigenvalue weighted by Crippen LogP contribution is 2.25. The Morgan fingerprint density at radius 3 is 2.37 bits per heavy atom. The van der Waals surface area contributed by atoms with Gasteiger partial charge in [-0.3, -0.25) is 4.90 Å². The van der Waals surface area contributed by atoms with Gasteiger partial charge in [-0.1, -0.05) is 57.0 Å². The molecule has 0 bridgehead atoms. The van der Waals surface area contributed by atoms with E-state index in [4.69, 9.17) is 5.73 Å². The number of aryl methyl sites for hydroxylation is 1. The lowest BCUT2D eigenvalue weighted by Gasteiger charge is -2.35. The van der Waals surface area contributed by atoms with Crippen molar-refractivity contribution in [3.8, 4) is 0 Å². The van der Waals surface area contributed by atoms with Crippen LogP contribution in [0.1, 0.15) is 51.3 Å². The van der Waals surface area contributed by atoms with E-state index in [0.29, 0.717) is 12.0 Å². The molecule has 0 saturated heterocycles. The Kier molecular flexibility index (Phi) is 6.53. The molecule has 2 N–H and O–H groups in total. The Morgan fingerprint density at radius 1 is 1.21 bits per heavy atom. The third-order valence-electron chi connectivity index (χ3n) is 3.92. The molecule has 0 fully saturated rings. The molecule has 0 saturated carbocycles. The zero-order chi connectivity index (χ0) is 14.4. The zero-order valence-electron chi connectivity index (χ0n) is 13.2. The van der Waals surface area contributed by atoms with Crippen molar-refractivity contribution in [1.82, 2.24) is 4.90 Å². The van der Waals surface area contributed by atoms with Gasteiger partial charge in [-0.05, 0) is 31.9 Å². The summed E-state index contributed by atoms with van der Waals surface area (Å²) in [4.78, 5) is 2.52. The van der Waals surface area contributed by atoms with Crippen molar-refractivity contribution in [2.24, 2.45) is 11.7 Å². The number of hydrogen-bond donors (Lipinski definition) is 1. The topological polar surface area (TPSA) is 29.3 Å². The SMILES string of the molecule is CCC(C)CN(CC)C(c1cccc(C)c1)C(C)N. The van der Waals surface area contributed by atoms with E-state index >= 15 is 0 Å². The van der Waals surface area contributed by atoms with Crippen molar-refractivity contribution >= 4 is 0 Å². The van der Waals surface area contributed by atoms with Gasteiger partial charge >= 0.3 is 0 Å². The fraction of sp³-hybridized carbons (Fsp3) is 0.647. The van der Waals surface area contributed by atoms with Crippen LogP contribution in [0.15, 0.2) is 24.3 Å². The van der Waals surface area contributed by atoms with Gasteiger partial charge in [0.15, 0.2) is 0 Å². The molecule has 0 aromatic heterocycles. The van der Waals surface area contributed by atoms with E-state index in [1.165, 1.54) is 17.5 Å². The van der Waals surface area contributed by atoms with Crippen LogP contribution in [0.4, 0.5) is 0 Å². The van der Waals surface area contributed by atoms with Gasteiger partial charge in [-0.25, -0.2) is 0 Å². The Morgan fingerprint density at radius 2 is 1.89 bits per heavy atom. The van der Waals surface area contributed by atoms with Crippen LogP contribution in [0.5, 0.6) is 0 Å². The van der Waals surface area contributed by atoms with Gasteiger partial charge < -0.3 is 5.73 Å². The summed E-state index contributed by atoms with van der Waals surface area (Å²) in [5.74, 6) is 0.714. The number of rotatable bonds is 7. The maximum Gasteiger partial charge on any atom is 0.0496 e. The summed E-state index contributed by atoms with van der Waals surface area (Å²) >= 11 is 0. The van der Waals surface area contributed by atoms with Crippen LogP contribution in [0.3, 0.4) is 0 Å². The minimum Gasteiger partial charge on any atom is -0.326 e. The Hall–Kier alpha value is -0.860. The molecule has 0 aliphatic heterocycles. The predicted octanol–water partition coefficient (Wildman–Crippen LogP) is 3.75. The molecule has 108 valence electrons. The van der Waals surface area contributed by atoms with Crippen LogP contribution in [0, 0.1) is 12.8 Å². The van der Waals surface area contributed by atoms with Crippen molar-refractivity contribution in [3.63, 3.8) is 0 Å². The van der Waals surface area contributed by atoms with Crippen LogP contribution >= 0.6 is 0 Å². The van der Waals surface area contributed by atoms with Gasteiger partial charge in [0.25, 0.3) is 0 Å². The average molecular weight is 262 g/mol. The molecule has 3 unspecified atom stereocenters. The van der Waals surface area contributed by atoms with E-state index in [-0.39, 0.29) is 6.04 Å². The lowest BCUT2D eigenvalue weighted by molar-refractivity contribution is 0.160. The standard InChI is InChI=1S/C17H30N2/c1-6-13(3)12-19(7-2)17(15(5)18)16-10-8-9-14(4)11-16/h8-11,13,15,17H,6-7,12,18H2,1-5H3. The summed E-state index contributed by atoms with van der Waals surface area (Å²) in [7, 11) is 0. The first-order valence-corrected chi connectivity index (χ1v) is 7.55. The third-order valence-corrected chi connectivity index (χ3v) is 3.92. The number of likely N-dealkylation sites (N-methyl/N-ethyl adjacent to an activating group) is 1. The van der Waals surface area contributed by atoms with Gasteiger partial charge in [0.05, 0.1) is 0 Å². The summed E-state index contributed by atoms with van der Waals surface area (Å²) in [6.07, 6.45) is 1.22. The monoisotopic (exact) mass is 262 g/mol. The number of nitrogens with zero attached hydrogens (tertiary/aromatic N) is 1. The van der Waals surface area contributed by atoms with Crippen LogP contribution < -0.4 is 5.73 Å². The molecule has 0 heterocycles. The number of hydrogen-bond acceptors (Lipinski definition) is 2. The summed E-state index contributed by atoms with van der Waals surface area (Å²) in [5.41, 5.74) is 8.93. The molecule has 0 amide bonds. The highest BCUT2D eigenvalue weighted by atomic mass is 15.2. The molecule has 2 heteroatoms. The molecular formula is C17H30N2. The normalized spacial score (nSPS) is 16.4. The maximum absolute atomic E-state index is 6.27. The largest absolute Gasteiger partial charge is 0.326 e. The van der Waals surface area contributed by atoms with Gasteiger partial charge in [-0.2, -0.15) is 0 Å². The molecule has 1 rings (SSSR count). The number of benzene rings is 1. The van der Waals surface area contributed by atoms with Gasteiger partial charge in [0, 0.05) is 18.6 Å². The molecular weight excluding hydrogens is 232 g/mol. The molecule has 3 atom stereocenters. The Labute approximate surface area is 119 Å². The van der Waals surface area contributed by atoms with Crippen molar-refractivity contribution < 1.29 is 0 Å². The van der Waals surface area contributed by atoms with Crippen LogP contribution in [-0.4, -0.2) is 24.0 Å². The molecule has 0 radical (unpaired) electrons. The van der Waals surface area contributed by atoms with Crippen molar-refractivity contribution in [1.29, 1.82) is 0 Å². The van der Waals surface area contributed by atoms with Gasteiger partial charge in [0.2, 0.25) is 0 Å². The Bertz CT molecular complexity index is 373. The van der Waals surface area contributed by atoms with Gasteiger partial charge in [0.1, 0.15) is 0 Å². The predicted molar refractivity (Wildman–Crippen MR) is 84.3 cm³/mol. The smallest absolute Gasteiger partial charge is 0.0496 e. The first-order chi connectivity index (χ1) is 8.99. The van der Waals surface area contributed by atoms with Crippen molar-refractivity contribution in [2.45, 2.75) is 53.1 Å². The summed E-state index contributed by atoms with van der Waals surface area (Å²) in [6, 6.07) is 9.22. The third kappa shape index (κ3) is 4.63. The second kappa shape index (κ2) is 7.66. The summed E-state index contributed by atoms with van der Waals surface area (Å²) < 4.78 is 0. The maximum atomic E-state index is 6.27. The molecule has 1 aromatic carbocycles. The first kappa shape index (κ1) is 16.2. The van der Waals surface area contributed by atoms with Crippen molar-refractivity contribution in [2.75, 3.05) is 13.1 Å². The molecule has 1 aromatic rings. The summed E-state index contributed by atoms with van der Waals surface area (Å²) in [6.45, 7) is 13.2. The van der Waals surface area contributed by atoms with Crippen molar-refractivity contribution in [3.05, 3.63) is 35.4 Å². The van der Waals surface area contributed by atoms with E-state index in [0.717, 1.165) is 13.1 Å². The second-order valence-electron chi connectivity index (χ2n) is 5.82. The molecule has 2 nitrogen and oxygen atoms in total. The van der Waals surface area contributed by atoms with E-state index < -0.39 is 0 Å². The lowest BCUT2D eigenvalue weighted by Crippen LogP contribution is -2.41. The van der Waals surface area contributed by atoms with Crippen LogP contribution in [-0.2, 0) is 0 Å². The van der Waals surface area contributed by atoms with E-state index in [2.05, 4.69) is 63.8 Å². The van der Waals surface area contributed by atoms with E-state index in [1.807, 2.05) is 0 Å². The lowest BCUT2D eigenvalue weighted by atomic mass is 9.96. The van der Waals surface area contributed by atoms with Gasteiger partial charge in [-0.15, -0.1) is 0 Å². The minimum absolute atomic E-state index is 0.144. The first-order valence-electron chi connectivity index (χ1n) is 7.55. The van der Waals surface area contributed by atoms with Crippen LogP contribution in [0.2, 0.25) is 0 Å². The second-order valence-corrected chi connectivity index (χ2v) is 5.82. The molecule has 19 heavy (non-hydrogen) atoms. The Balaban J connectivity index is 2.98. The summed E-state index contributed by atoms with van der Waals surface area (Å²) in [5, 5.41) is 0. The molecule has 0 aliphatic carbocycles. The van der Waals surface area contributed by atoms with E-state index in [1.54, 1.807) is 0 Å². The highest BCUT2D eigenvalue weighted by Gasteiger charge is 2.23. The minimum atomic E-state index is 0.144. The molecule has 0 aliphatic rings. The fourth-order valence-electron chi connectivity index (χ4n) is 2.67. The van der Waals surface area contributed by atoms with E-state index in [9.17, 15) is 0 Å². The fourth-order valence-corrected chi connectivity index (χ4v) is 2.67. The number of nitrogens with two attached hydrogens (primary N) is 1. The zero-order valence-corrected chi connectivity index (χ0v) is 13.2. The quantitative estimate of drug-likeness (QED) is 0.811. The average Bonchev–Trinajstić information content (AvgIpc) is 2.37. The highest BCUT2D eigenvalue weighted by molar-refractivity contribution is 5.26.